The van der Waals surface area contributed by atoms with Gasteiger partial charge in [-0.25, -0.2) is 4.98 Å². The third-order valence-electron chi connectivity index (χ3n) is 5.46. The van der Waals surface area contributed by atoms with Gasteiger partial charge in [0.1, 0.15) is 11.6 Å². The lowest BCUT2D eigenvalue weighted by atomic mass is 10.1. The molecule has 0 saturated heterocycles. The molecule has 0 aliphatic rings. The SMILES string of the molecule is COc1ccccc1C(=O)NC(C)c1nc2ccccc2n1CCCc1ccccc1. The number of amides is 1. The molecule has 0 spiro atoms. The fraction of sp³-hybridized carbons (Fsp3) is 0.231. The normalized spacial score (nSPS) is 11.9. The highest BCUT2D eigenvalue weighted by Crippen LogP contribution is 2.23. The van der Waals surface area contributed by atoms with Gasteiger partial charge < -0.3 is 14.6 Å². The van der Waals surface area contributed by atoms with Crippen LogP contribution in [-0.4, -0.2) is 22.6 Å². The summed E-state index contributed by atoms with van der Waals surface area (Å²) in [5.74, 6) is 1.24. The Morgan fingerprint density at radius 3 is 2.52 bits per heavy atom. The van der Waals surface area contributed by atoms with Crippen molar-refractivity contribution in [1.82, 2.24) is 14.9 Å². The first kappa shape index (κ1) is 20.7. The van der Waals surface area contributed by atoms with Gasteiger partial charge in [-0.2, -0.15) is 0 Å². The van der Waals surface area contributed by atoms with E-state index in [4.69, 9.17) is 9.72 Å². The zero-order valence-electron chi connectivity index (χ0n) is 17.9. The summed E-state index contributed by atoms with van der Waals surface area (Å²) in [5, 5.41) is 3.09. The molecule has 4 rings (SSSR count). The van der Waals surface area contributed by atoms with Crippen LogP contribution in [0.5, 0.6) is 5.75 Å². The summed E-state index contributed by atoms with van der Waals surface area (Å²) < 4.78 is 7.57. The molecule has 1 N–H and O–H groups in total. The van der Waals surface area contributed by atoms with Crippen molar-refractivity contribution in [3.63, 3.8) is 0 Å². The Kier molecular flexibility index (Phi) is 6.32. The van der Waals surface area contributed by atoms with Crippen molar-refractivity contribution in [1.29, 1.82) is 0 Å². The summed E-state index contributed by atoms with van der Waals surface area (Å²) in [7, 11) is 1.57. The number of aryl methyl sites for hydroxylation is 2. The van der Waals surface area contributed by atoms with Crippen LogP contribution < -0.4 is 10.1 Å². The van der Waals surface area contributed by atoms with E-state index in [0.29, 0.717) is 11.3 Å². The Labute approximate surface area is 182 Å². The number of ether oxygens (including phenoxy) is 1. The molecule has 1 amide bonds. The van der Waals surface area contributed by atoms with Crippen molar-refractivity contribution in [2.24, 2.45) is 0 Å². The number of hydrogen-bond acceptors (Lipinski definition) is 3. The maximum atomic E-state index is 12.9. The van der Waals surface area contributed by atoms with E-state index in [1.54, 1.807) is 19.2 Å². The zero-order valence-corrected chi connectivity index (χ0v) is 17.9. The van der Waals surface area contributed by atoms with Crippen LogP contribution in [0.4, 0.5) is 0 Å². The number of carbonyl (C=O) groups is 1. The number of carbonyl (C=O) groups excluding carboxylic acids is 1. The van der Waals surface area contributed by atoms with Gasteiger partial charge >= 0.3 is 0 Å². The number of para-hydroxylation sites is 3. The number of aromatic nitrogens is 2. The highest BCUT2D eigenvalue weighted by Gasteiger charge is 2.20. The molecule has 5 nitrogen and oxygen atoms in total. The summed E-state index contributed by atoms with van der Waals surface area (Å²) in [5.41, 5.74) is 3.87. The second-order valence-corrected chi connectivity index (χ2v) is 7.59. The van der Waals surface area contributed by atoms with Crippen LogP contribution in [-0.2, 0) is 13.0 Å². The van der Waals surface area contributed by atoms with Gasteiger partial charge in [0.05, 0.1) is 29.7 Å². The first-order valence-electron chi connectivity index (χ1n) is 10.6. The molecule has 1 unspecified atom stereocenters. The second-order valence-electron chi connectivity index (χ2n) is 7.59. The van der Waals surface area contributed by atoms with Gasteiger partial charge in [-0.05, 0) is 49.6 Å². The van der Waals surface area contributed by atoms with Gasteiger partial charge in [0, 0.05) is 6.54 Å². The molecule has 0 radical (unpaired) electrons. The van der Waals surface area contributed by atoms with Gasteiger partial charge in [0.2, 0.25) is 0 Å². The fourth-order valence-corrected chi connectivity index (χ4v) is 3.92. The van der Waals surface area contributed by atoms with Crippen molar-refractivity contribution in [2.45, 2.75) is 32.4 Å². The predicted octanol–water partition coefficient (Wildman–Crippen LogP) is 5.17. The highest BCUT2D eigenvalue weighted by atomic mass is 16.5. The summed E-state index contributed by atoms with van der Waals surface area (Å²) in [6.07, 6.45) is 1.99. The molecular formula is C26H27N3O2. The molecule has 0 bridgehead atoms. The first-order chi connectivity index (χ1) is 15.2. The second kappa shape index (κ2) is 9.47. The van der Waals surface area contributed by atoms with Gasteiger partial charge in [0.25, 0.3) is 5.91 Å². The molecule has 0 aliphatic heterocycles. The molecule has 5 heteroatoms. The Bertz CT molecular complexity index is 1170. The van der Waals surface area contributed by atoms with E-state index in [9.17, 15) is 4.79 Å². The number of methoxy groups -OCH3 is 1. The lowest BCUT2D eigenvalue weighted by Crippen LogP contribution is -2.29. The topological polar surface area (TPSA) is 56.1 Å². The molecule has 1 atom stereocenters. The number of rotatable bonds is 8. The third kappa shape index (κ3) is 4.61. The lowest BCUT2D eigenvalue weighted by molar-refractivity contribution is 0.0934. The molecule has 1 heterocycles. The van der Waals surface area contributed by atoms with E-state index >= 15 is 0 Å². The summed E-state index contributed by atoms with van der Waals surface area (Å²) in [4.78, 5) is 17.8. The van der Waals surface area contributed by atoms with Crippen molar-refractivity contribution < 1.29 is 9.53 Å². The Hall–Kier alpha value is -3.60. The van der Waals surface area contributed by atoms with Crippen molar-refractivity contribution in [3.05, 3.63) is 95.8 Å². The quantitative estimate of drug-likeness (QED) is 0.434. The van der Waals surface area contributed by atoms with E-state index in [1.807, 2.05) is 43.3 Å². The molecule has 0 aliphatic carbocycles. The standard InChI is InChI=1S/C26H27N3O2/c1-19(27-26(30)21-14-6-9-17-24(21)31-2)25-28-22-15-7-8-16-23(22)29(25)18-10-13-20-11-4-3-5-12-20/h3-9,11-12,14-17,19H,10,13,18H2,1-2H3,(H,27,30). The minimum Gasteiger partial charge on any atom is -0.496 e. The van der Waals surface area contributed by atoms with Gasteiger partial charge in [0.15, 0.2) is 0 Å². The van der Waals surface area contributed by atoms with Crippen LogP contribution in [0.25, 0.3) is 11.0 Å². The van der Waals surface area contributed by atoms with Crippen molar-refractivity contribution in [2.75, 3.05) is 7.11 Å². The Morgan fingerprint density at radius 1 is 1.00 bits per heavy atom. The smallest absolute Gasteiger partial charge is 0.255 e. The number of hydrogen-bond donors (Lipinski definition) is 1. The fourth-order valence-electron chi connectivity index (χ4n) is 3.92. The zero-order chi connectivity index (χ0) is 21.6. The lowest BCUT2D eigenvalue weighted by Gasteiger charge is -2.17. The minimum atomic E-state index is -0.249. The van der Waals surface area contributed by atoms with E-state index in [0.717, 1.165) is 36.2 Å². The molecule has 0 saturated carbocycles. The average molecular weight is 414 g/mol. The molecule has 4 aromatic rings. The average Bonchev–Trinajstić information content (AvgIpc) is 3.18. The Morgan fingerprint density at radius 2 is 1.71 bits per heavy atom. The summed E-state index contributed by atoms with van der Waals surface area (Å²) >= 11 is 0. The first-order valence-corrected chi connectivity index (χ1v) is 10.6. The number of benzene rings is 3. The van der Waals surface area contributed by atoms with E-state index in [2.05, 4.69) is 40.2 Å². The van der Waals surface area contributed by atoms with Gasteiger partial charge in [-0.15, -0.1) is 0 Å². The van der Waals surface area contributed by atoms with Crippen molar-refractivity contribution >= 4 is 16.9 Å². The molecular weight excluding hydrogens is 386 g/mol. The largest absolute Gasteiger partial charge is 0.496 e. The van der Waals surface area contributed by atoms with Crippen LogP contribution >= 0.6 is 0 Å². The number of nitrogens with zero attached hydrogens (tertiary/aromatic N) is 2. The molecule has 3 aromatic carbocycles. The van der Waals surface area contributed by atoms with Gasteiger partial charge in [-0.3, -0.25) is 4.79 Å². The summed E-state index contributed by atoms with van der Waals surface area (Å²) in [6.45, 7) is 2.81. The van der Waals surface area contributed by atoms with E-state index in [-0.39, 0.29) is 11.9 Å². The molecule has 158 valence electrons. The van der Waals surface area contributed by atoms with Crippen LogP contribution in [0.1, 0.15) is 41.1 Å². The minimum absolute atomic E-state index is 0.173. The predicted molar refractivity (Wildman–Crippen MR) is 123 cm³/mol. The van der Waals surface area contributed by atoms with Crippen molar-refractivity contribution in [3.8, 4) is 5.75 Å². The van der Waals surface area contributed by atoms with E-state index < -0.39 is 0 Å². The van der Waals surface area contributed by atoms with E-state index in [1.165, 1.54) is 5.56 Å². The molecule has 31 heavy (non-hydrogen) atoms. The Balaban J connectivity index is 1.56. The number of imidazole rings is 1. The van der Waals surface area contributed by atoms with Gasteiger partial charge in [-0.1, -0.05) is 54.6 Å². The third-order valence-corrected chi connectivity index (χ3v) is 5.46. The molecule has 0 fully saturated rings. The van der Waals surface area contributed by atoms with Crippen LogP contribution in [0.15, 0.2) is 78.9 Å². The monoisotopic (exact) mass is 413 g/mol. The number of fused-ring (bicyclic) bond motifs is 1. The van der Waals surface area contributed by atoms with Crippen LogP contribution in [0, 0.1) is 0 Å². The van der Waals surface area contributed by atoms with Crippen LogP contribution in [0.3, 0.4) is 0 Å². The maximum Gasteiger partial charge on any atom is 0.255 e. The van der Waals surface area contributed by atoms with Crippen LogP contribution in [0.2, 0.25) is 0 Å². The highest BCUT2D eigenvalue weighted by molar-refractivity contribution is 5.97. The maximum absolute atomic E-state index is 12.9. The summed E-state index contributed by atoms with van der Waals surface area (Å²) in [6, 6.07) is 25.6. The molecule has 1 aromatic heterocycles. The number of nitrogens with one attached hydrogen (secondary N) is 1.